The summed E-state index contributed by atoms with van der Waals surface area (Å²) in [4.78, 5) is 22.4. The molecule has 1 unspecified atom stereocenters. The van der Waals surface area contributed by atoms with E-state index in [1.165, 1.54) is 19.3 Å². The van der Waals surface area contributed by atoms with E-state index in [9.17, 15) is 4.79 Å². The molecule has 5 nitrogen and oxygen atoms in total. The van der Waals surface area contributed by atoms with Gasteiger partial charge >= 0.3 is 0 Å². The van der Waals surface area contributed by atoms with Gasteiger partial charge in [-0.2, -0.15) is 0 Å². The van der Waals surface area contributed by atoms with Crippen molar-refractivity contribution >= 4 is 58.0 Å². The van der Waals surface area contributed by atoms with Crippen LogP contribution in [0.15, 0.2) is 36.4 Å². The van der Waals surface area contributed by atoms with Crippen LogP contribution in [-0.2, 0) is 4.79 Å². The normalized spacial score (nSPS) is 19.1. The molecule has 0 aliphatic carbocycles. The van der Waals surface area contributed by atoms with Crippen molar-refractivity contribution in [2.24, 2.45) is 0 Å². The van der Waals surface area contributed by atoms with Gasteiger partial charge in [0.15, 0.2) is 0 Å². The summed E-state index contributed by atoms with van der Waals surface area (Å²) < 4.78 is 0. The average molecular weight is 614 g/mol. The number of carbonyl (C=O) groups is 1. The van der Waals surface area contributed by atoms with E-state index < -0.39 is 0 Å². The molecule has 4 rings (SSSR count). The maximum atomic E-state index is 13.5. The lowest BCUT2D eigenvalue weighted by Gasteiger charge is -2.50. The van der Waals surface area contributed by atoms with E-state index in [2.05, 4.69) is 27.8 Å². The number of nitrogens with zero attached hydrogens (tertiary/aromatic N) is 4. The Morgan fingerprint density at radius 2 is 1.56 bits per heavy atom. The number of hydrogen-bond acceptors (Lipinski definition) is 4. The highest BCUT2D eigenvalue weighted by Crippen LogP contribution is 2.35. The number of carbonyl (C=O) groups excluding carboxylic acids is 1. The second-order valence-electron chi connectivity index (χ2n) is 11.3. The van der Waals surface area contributed by atoms with Gasteiger partial charge in [-0.05, 0) is 87.6 Å². The van der Waals surface area contributed by atoms with Gasteiger partial charge in [-0.25, -0.2) is 0 Å². The Balaban J connectivity index is 1.46. The third kappa shape index (κ3) is 7.36. The monoisotopic (exact) mass is 612 g/mol. The Hall–Kier alpha value is -1.21. The number of anilines is 1. The first-order valence-electron chi connectivity index (χ1n) is 13.9. The largest absolute Gasteiger partial charge is 0.373 e. The minimum atomic E-state index is -0.366. The number of hydrogen-bond donors (Lipinski definition) is 0. The highest BCUT2D eigenvalue weighted by atomic mass is 35.5. The van der Waals surface area contributed by atoms with Crippen molar-refractivity contribution in [3.05, 3.63) is 62.1 Å². The van der Waals surface area contributed by atoms with Gasteiger partial charge in [0.05, 0.1) is 20.8 Å². The fraction of sp³-hybridized carbons (Fsp3) is 0.567. The van der Waals surface area contributed by atoms with E-state index in [1.54, 1.807) is 11.0 Å². The van der Waals surface area contributed by atoms with Crippen LogP contribution < -0.4 is 4.90 Å². The van der Waals surface area contributed by atoms with Gasteiger partial charge in [0.1, 0.15) is 5.54 Å². The molecule has 0 spiro atoms. The summed E-state index contributed by atoms with van der Waals surface area (Å²) in [7, 11) is 5.84. The number of piperidine rings is 2. The topological polar surface area (TPSA) is 30.0 Å². The van der Waals surface area contributed by atoms with Crippen molar-refractivity contribution in [3.8, 4) is 0 Å². The molecule has 2 aromatic rings. The highest BCUT2D eigenvalue weighted by molar-refractivity contribution is 6.42. The highest BCUT2D eigenvalue weighted by Gasteiger charge is 2.47. The molecule has 9 heteroatoms. The third-order valence-corrected chi connectivity index (χ3v) is 9.75. The van der Waals surface area contributed by atoms with E-state index in [0.29, 0.717) is 20.1 Å². The smallest absolute Gasteiger partial charge is 0.242 e. The lowest BCUT2D eigenvalue weighted by molar-refractivity contribution is -0.147. The molecule has 214 valence electrons. The predicted molar refractivity (Wildman–Crippen MR) is 166 cm³/mol. The summed E-state index contributed by atoms with van der Waals surface area (Å²) in [6.07, 6.45) is 6.33. The van der Waals surface area contributed by atoms with Gasteiger partial charge < -0.3 is 14.7 Å². The SMILES string of the molecule is CN(C)C(=O)C1(N2CCCCC2)CCN(CCC(CN(C)c2ccc(Cl)cc2Cl)c2ccc(Cl)c(Cl)c2)CC1. The van der Waals surface area contributed by atoms with E-state index in [1.807, 2.05) is 38.4 Å². The zero-order chi connectivity index (χ0) is 28.2. The Morgan fingerprint density at radius 3 is 2.18 bits per heavy atom. The summed E-state index contributed by atoms with van der Waals surface area (Å²) in [5.74, 6) is 0.480. The molecule has 2 saturated heterocycles. The molecule has 2 heterocycles. The summed E-state index contributed by atoms with van der Waals surface area (Å²) in [5, 5.41) is 2.38. The molecule has 0 aromatic heterocycles. The predicted octanol–water partition coefficient (Wildman–Crippen LogP) is 7.32. The van der Waals surface area contributed by atoms with Gasteiger partial charge in [0, 0.05) is 51.7 Å². The maximum Gasteiger partial charge on any atom is 0.242 e. The van der Waals surface area contributed by atoms with Crippen LogP contribution >= 0.6 is 46.4 Å². The molecule has 2 aliphatic rings. The Bertz CT molecular complexity index is 1130. The Kier molecular flexibility index (Phi) is 10.7. The molecule has 0 bridgehead atoms. The second kappa shape index (κ2) is 13.6. The maximum absolute atomic E-state index is 13.5. The Morgan fingerprint density at radius 1 is 0.872 bits per heavy atom. The van der Waals surface area contributed by atoms with Crippen LogP contribution in [0.1, 0.15) is 50.0 Å². The van der Waals surface area contributed by atoms with E-state index in [0.717, 1.165) is 69.8 Å². The Labute approximate surface area is 253 Å². The summed E-state index contributed by atoms with van der Waals surface area (Å²) in [5.41, 5.74) is 1.73. The molecule has 1 atom stereocenters. The number of benzene rings is 2. The zero-order valence-electron chi connectivity index (χ0n) is 23.2. The van der Waals surface area contributed by atoms with Crippen LogP contribution in [0.4, 0.5) is 5.69 Å². The van der Waals surface area contributed by atoms with Gasteiger partial charge in [0.25, 0.3) is 0 Å². The zero-order valence-corrected chi connectivity index (χ0v) is 26.3. The van der Waals surface area contributed by atoms with Crippen LogP contribution in [0.3, 0.4) is 0 Å². The fourth-order valence-corrected chi connectivity index (χ4v) is 7.10. The summed E-state index contributed by atoms with van der Waals surface area (Å²) in [6.45, 7) is 5.60. The van der Waals surface area contributed by atoms with Gasteiger partial charge in [-0.3, -0.25) is 9.69 Å². The van der Waals surface area contributed by atoms with Crippen molar-refractivity contribution in [1.82, 2.24) is 14.7 Å². The molecule has 1 amide bonds. The number of likely N-dealkylation sites (tertiary alicyclic amines) is 2. The fourth-order valence-electron chi connectivity index (χ4n) is 6.24. The van der Waals surface area contributed by atoms with Crippen LogP contribution in [0.2, 0.25) is 20.1 Å². The van der Waals surface area contributed by atoms with E-state index >= 15 is 0 Å². The molecule has 39 heavy (non-hydrogen) atoms. The molecular formula is C30H40Cl4N4O. The number of rotatable bonds is 9. The third-order valence-electron chi connectivity index (χ3n) is 8.47. The van der Waals surface area contributed by atoms with Crippen LogP contribution in [0.5, 0.6) is 0 Å². The van der Waals surface area contributed by atoms with Crippen LogP contribution in [0.25, 0.3) is 0 Å². The van der Waals surface area contributed by atoms with Crippen molar-refractivity contribution < 1.29 is 4.79 Å². The lowest BCUT2D eigenvalue weighted by Crippen LogP contribution is -2.64. The average Bonchev–Trinajstić information content (AvgIpc) is 2.92. The van der Waals surface area contributed by atoms with Crippen molar-refractivity contribution in [2.45, 2.75) is 50.0 Å². The first kappa shape index (κ1) is 30.7. The second-order valence-corrected chi connectivity index (χ2v) is 12.9. The van der Waals surface area contributed by atoms with Crippen molar-refractivity contribution in [2.75, 3.05) is 65.3 Å². The number of halogens is 4. The van der Waals surface area contributed by atoms with E-state index in [4.69, 9.17) is 46.4 Å². The van der Waals surface area contributed by atoms with Crippen LogP contribution in [0, 0.1) is 0 Å². The minimum Gasteiger partial charge on any atom is -0.373 e. The molecule has 0 saturated carbocycles. The lowest BCUT2D eigenvalue weighted by atomic mass is 9.82. The first-order chi connectivity index (χ1) is 18.6. The van der Waals surface area contributed by atoms with Crippen molar-refractivity contribution in [3.63, 3.8) is 0 Å². The van der Waals surface area contributed by atoms with Crippen molar-refractivity contribution in [1.29, 1.82) is 0 Å². The standard InChI is InChI=1S/C30H40Cl4N4O/c1-35(2)29(39)30(38-14-5-4-6-15-38)12-17-37(18-13-30)16-11-23(22-7-9-25(32)26(33)19-22)21-36(3)28-10-8-24(31)20-27(28)34/h7-10,19-20,23H,4-6,11-18,21H2,1-3H3. The number of likely N-dealkylation sites (N-methyl/N-ethyl adjacent to an activating group) is 2. The molecule has 2 fully saturated rings. The number of amides is 1. The van der Waals surface area contributed by atoms with Gasteiger partial charge in [0.2, 0.25) is 5.91 Å². The molecule has 0 radical (unpaired) electrons. The molecule has 2 aliphatic heterocycles. The van der Waals surface area contributed by atoms with Gasteiger partial charge in [-0.15, -0.1) is 0 Å². The molecule has 2 aromatic carbocycles. The first-order valence-corrected chi connectivity index (χ1v) is 15.4. The molecular weight excluding hydrogens is 574 g/mol. The molecule has 0 N–H and O–H groups in total. The summed E-state index contributed by atoms with van der Waals surface area (Å²) in [6, 6.07) is 11.5. The minimum absolute atomic E-state index is 0.216. The van der Waals surface area contributed by atoms with Crippen LogP contribution in [-0.4, -0.2) is 86.6 Å². The summed E-state index contributed by atoms with van der Waals surface area (Å²) >= 11 is 25.3. The quantitative estimate of drug-likeness (QED) is 0.296. The van der Waals surface area contributed by atoms with E-state index in [-0.39, 0.29) is 17.4 Å². The van der Waals surface area contributed by atoms with Gasteiger partial charge in [-0.1, -0.05) is 58.9 Å².